The van der Waals surface area contributed by atoms with Crippen LogP contribution in [-0.4, -0.2) is 14.5 Å². The third kappa shape index (κ3) is 2.72. The summed E-state index contributed by atoms with van der Waals surface area (Å²) in [5.74, 6) is 0. The van der Waals surface area contributed by atoms with Gasteiger partial charge in [-0.2, -0.15) is 13.2 Å². The molecule has 4 nitrogen and oxygen atoms in total. The van der Waals surface area contributed by atoms with Crippen molar-refractivity contribution < 1.29 is 13.2 Å². The van der Waals surface area contributed by atoms with Gasteiger partial charge in [-0.25, -0.2) is 4.98 Å². The Morgan fingerprint density at radius 2 is 2.10 bits per heavy atom. The maximum atomic E-state index is 13.2. The van der Waals surface area contributed by atoms with Crippen LogP contribution in [0.4, 0.5) is 13.2 Å². The van der Waals surface area contributed by atoms with E-state index in [1.165, 1.54) is 11.5 Å². The molecule has 0 saturated carbocycles. The topological polar surface area (TPSA) is 50.7 Å². The van der Waals surface area contributed by atoms with Gasteiger partial charge < -0.3 is 0 Å². The van der Waals surface area contributed by atoms with E-state index in [1.54, 1.807) is 0 Å². The molecule has 0 spiro atoms. The molecule has 0 aliphatic rings. The molecule has 0 aliphatic heterocycles. The Morgan fingerprint density at radius 3 is 2.62 bits per heavy atom. The van der Waals surface area contributed by atoms with Gasteiger partial charge in [-0.15, -0.1) is 0 Å². The molecule has 8 heteroatoms. The largest absolute Gasteiger partial charge is 0.417 e. The van der Waals surface area contributed by atoms with Crippen molar-refractivity contribution in [2.75, 3.05) is 0 Å². The highest BCUT2D eigenvalue weighted by molar-refractivity contribution is 7.71. The number of aromatic amines is 1. The van der Waals surface area contributed by atoms with Crippen LogP contribution in [0.3, 0.4) is 0 Å². The highest BCUT2D eigenvalue weighted by Gasteiger charge is 2.35. The van der Waals surface area contributed by atoms with E-state index in [0.29, 0.717) is 6.42 Å². The minimum absolute atomic E-state index is 0.0228. The van der Waals surface area contributed by atoms with E-state index in [2.05, 4.69) is 9.97 Å². The van der Waals surface area contributed by atoms with Gasteiger partial charge in [-0.05, 0) is 38.6 Å². The van der Waals surface area contributed by atoms with Gasteiger partial charge >= 0.3 is 6.18 Å². The summed E-state index contributed by atoms with van der Waals surface area (Å²) in [5, 5.41) is -0.470. The fraction of sp³-hybridized carbons (Fsp3) is 0.462. The minimum atomic E-state index is -4.63. The van der Waals surface area contributed by atoms with E-state index < -0.39 is 22.7 Å². The summed E-state index contributed by atoms with van der Waals surface area (Å²) in [6.07, 6.45) is -3.98. The number of pyridine rings is 1. The molecule has 0 fully saturated rings. The monoisotopic (exact) mass is 317 g/mol. The van der Waals surface area contributed by atoms with Crippen LogP contribution < -0.4 is 5.56 Å². The maximum Gasteiger partial charge on any atom is 0.417 e. The molecule has 0 aliphatic carbocycles. The molecule has 0 saturated heterocycles. The van der Waals surface area contributed by atoms with Gasteiger partial charge in [0, 0.05) is 11.7 Å². The van der Waals surface area contributed by atoms with E-state index in [1.807, 2.05) is 13.8 Å². The van der Waals surface area contributed by atoms with Crippen LogP contribution in [0.2, 0.25) is 0 Å². The number of rotatable bonds is 2. The molecule has 21 heavy (non-hydrogen) atoms. The lowest BCUT2D eigenvalue weighted by atomic mass is 10.1. The second-order valence-corrected chi connectivity index (χ2v) is 5.28. The van der Waals surface area contributed by atoms with Gasteiger partial charge in [0.25, 0.3) is 5.56 Å². The molecule has 0 unspecified atom stereocenters. The molecule has 2 aromatic rings. The van der Waals surface area contributed by atoms with E-state index in [4.69, 9.17) is 12.2 Å². The number of hydrogen-bond donors (Lipinski definition) is 1. The van der Waals surface area contributed by atoms with Crippen molar-refractivity contribution in [2.24, 2.45) is 0 Å². The normalized spacial score (nSPS) is 13.6. The molecular weight excluding hydrogens is 303 g/mol. The molecule has 2 heterocycles. The van der Waals surface area contributed by atoms with E-state index in [0.717, 1.165) is 6.07 Å². The first-order chi connectivity index (χ1) is 9.66. The van der Waals surface area contributed by atoms with Gasteiger partial charge in [0.2, 0.25) is 0 Å². The van der Waals surface area contributed by atoms with Gasteiger partial charge in [-0.3, -0.25) is 14.3 Å². The van der Waals surface area contributed by atoms with Crippen LogP contribution in [0.1, 0.15) is 37.6 Å². The summed E-state index contributed by atoms with van der Waals surface area (Å²) < 4.78 is 41.1. The highest BCUT2D eigenvalue weighted by Crippen LogP contribution is 2.33. The van der Waals surface area contributed by atoms with Crippen LogP contribution in [0.15, 0.2) is 10.9 Å². The zero-order chi connectivity index (χ0) is 15.9. The SMILES string of the molecule is CC[C@H](C)n1c(=S)[nH]c(=O)c2c(C(F)(F)F)cc(C)nc21. The van der Waals surface area contributed by atoms with Crippen molar-refractivity contribution >= 4 is 23.3 Å². The fourth-order valence-corrected chi connectivity index (χ4v) is 2.55. The number of H-pyrrole nitrogens is 1. The molecule has 2 aromatic heterocycles. The number of aryl methyl sites for hydroxylation is 1. The molecule has 0 aromatic carbocycles. The number of nitrogens with one attached hydrogen (secondary N) is 1. The standard InChI is InChI=1S/C13H14F3N3OS/c1-4-7(3)19-10-9(11(20)18-12(19)21)8(13(14,15)16)5-6(2)17-10/h5,7H,4H2,1-3H3,(H,18,20,21)/t7-/m0/s1. The van der Waals surface area contributed by atoms with Crippen LogP contribution in [-0.2, 0) is 6.18 Å². The number of fused-ring (bicyclic) bond motifs is 1. The molecule has 1 N–H and O–H groups in total. The van der Waals surface area contributed by atoms with Crippen molar-refractivity contribution in [1.29, 1.82) is 0 Å². The van der Waals surface area contributed by atoms with Gasteiger partial charge in [-0.1, -0.05) is 6.92 Å². The Kier molecular flexibility index (Phi) is 3.92. The molecule has 0 amide bonds. The third-order valence-corrected chi connectivity index (χ3v) is 3.66. The Morgan fingerprint density at radius 1 is 1.48 bits per heavy atom. The van der Waals surface area contributed by atoms with Crippen LogP contribution in [0.25, 0.3) is 11.0 Å². The quantitative estimate of drug-likeness (QED) is 0.858. The molecule has 1 atom stereocenters. The first-order valence-electron chi connectivity index (χ1n) is 6.40. The van der Waals surface area contributed by atoms with Gasteiger partial charge in [0.15, 0.2) is 4.77 Å². The number of halogens is 3. The first-order valence-corrected chi connectivity index (χ1v) is 6.81. The number of nitrogens with zero attached hydrogens (tertiary/aromatic N) is 2. The Labute approximate surface area is 123 Å². The van der Waals surface area contributed by atoms with E-state index in [9.17, 15) is 18.0 Å². The zero-order valence-electron chi connectivity index (χ0n) is 11.7. The lowest BCUT2D eigenvalue weighted by Gasteiger charge is -2.18. The summed E-state index contributed by atoms with van der Waals surface area (Å²) in [5.41, 5.74) is -1.69. The smallest absolute Gasteiger partial charge is 0.300 e. The Hall–Kier alpha value is -1.70. The summed E-state index contributed by atoms with van der Waals surface area (Å²) in [4.78, 5) is 18.4. The van der Waals surface area contributed by atoms with Gasteiger partial charge in [0.05, 0.1) is 10.9 Å². The minimum Gasteiger partial charge on any atom is -0.300 e. The van der Waals surface area contributed by atoms with Crippen LogP contribution >= 0.6 is 12.2 Å². The van der Waals surface area contributed by atoms with E-state index in [-0.39, 0.29) is 22.2 Å². The summed E-state index contributed by atoms with van der Waals surface area (Å²) >= 11 is 5.08. The predicted octanol–water partition coefficient (Wildman–Crippen LogP) is 3.75. The number of hydrogen-bond acceptors (Lipinski definition) is 3. The predicted molar refractivity (Wildman–Crippen MR) is 75.9 cm³/mol. The Bertz CT molecular complexity index is 807. The fourth-order valence-electron chi connectivity index (χ4n) is 2.19. The van der Waals surface area contributed by atoms with Crippen LogP contribution in [0.5, 0.6) is 0 Å². The third-order valence-electron chi connectivity index (χ3n) is 3.36. The molecule has 114 valence electrons. The second-order valence-electron chi connectivity index (χ2n) is 4.89. The zero-order valence-corrected chi connectivity index (χ0v) is 12.5. The van der Waals surface area contributed by atoms with E-state index >= 15 is 0 Å². The second kappa shape index (κ2) is 5.25. The van der Waals surface area contributed by atoms with Crippen molar-refractivity contribution in [1.82, 2.24) is 14.5 Å². The van der Waals surface area contributed by atoms with Crippen LogP contribution in [0, 0.1) is 11.7 Å². The lowest BCUT2D eigenvalue weighted by Crippen LogP contribution is -2.22. The lowest BCUT2D eigenvalue weighted by molar-refractivity contribution is -0.136. The molecule has 2 rings (SSSR count). The summed E-state index contributed by atoms with van der Waals surface area (Å²) in [6.45, 7) is 5.15. The maximum absolute atomic E-state index is 13.2. The first kappa shape index (κ1) is 15.7. The van der Waals surface area contributed by atoms with Gasteiger partial charge in [0.1, 0.15) is 5.65 Å². The summed E-state index contributed by atoms with van der Waals surface area (Å²) in [7, 11) is 0. The van der Waals surface area contributed by atoms with Crippen molar-refractivity contribution in [3.63, 3.8) is 0 Å². The summed E-state index contributed by atoms with van der Waals surface area (Å²) in [6, 6.07) is 0.703. The van der Waals surface area contributed by atoms with Crippen molar-refractivity contribution in [3.8, 4) is 0 Å². The highest BCUT2D eigenvalue weighted by atomic mass is 32.1. The Balaban J connectivity index is 3.07. The van der Waals surface area contributed by atoms with Crippen molar-refractivity contribution in [2.45, 2.75) is 39.4 Å². The number of alkyl halides is 3. The molecule has 0 bridgehead atoms. The van der Waals surface area contributed by atoms with Crippen molar-refractivity contribution in [3.05, 3.63) is 32.4 Å². The average molecular weight is 317 g/mol. The average Bonchev–Trinajstić information content (AvgIpc) is 2.35. The molecular formula is C13H14F3N3OS. The number of aromatic nitrogens is 3. The molecule has 0 radical (unpaired) electrons.